The van der Waals surface area contributed by atoms with Gasteiger partial charge >= 0.3 is 0 Å². The Morgan fingerprint density at radius 2 is 2.07 bits per heavy atom. The Hall–Kier alpha value is -1.86. The molecule has 0 aliphatic carbocycles. The van der Waals surface area contributed by atoms with E-state index in [-0.39, 0.29) is 17.7 Å². The van der Waals surface area contributed by atoms with Gasteiger partial charge in [0.2, 0.25) is 5.91 Å². The summed E-state index contributed by atoms with van der Waals surface area (Å²) in [5.41, 5.74) is 0.588. The number of halogens is 1. The number of aromatic nitrogens is 1. The number of nitrogens with zero attached hydrogens (tertiary/aromatic N) is 2. The van der Waals surface area contributed by atoms with Crippen LogP contribution in [0.5, 0.6) is 0 Å². The van der Waals surface area contributed by atoms with Gasteiger partial charge in [-0.2, -0.15) is 0 Å². The highest BCUT2D eigenvalue weighted by molar-refractivity contribution is 9.10. The monoisotopic (exact) mass is 461 g/mol. The van der Waals surface area contributed by atoms with Crippen LogP contribution in [-0.2, 0) is 4.79 Å². The lowest BCUT2D eigenvalue weighted by molar-refractivity contribution is -0.126. The molecule has 1 aromatic carbocycles. The number of likely N-dealkylation sites (tertiary alicyclic amines) is 1. The second-order valence-electron chi connectivity index (χ2n) is 6.79. The van der Waals surface area contributed by atoms with Gasteiger partial charge in [-0.1, -0.05) is 34.6 Å². The Balaban J connectivity index is 1.73. The van der Waals surface area contributed by atoms with E-state index in [1.807, 2.05) is 37.3 Å². The van der Waals surface area contributed by atoms with Crippen LogP contribution in [0.25, 0.3) is 0 Å². The van der Waals surface area contributed by atoms with E-state index in [9.17, 15) is 9.59 Å². The average molecular weight is 462 g/mol. The predicted octanol–water partition coefficient (Wildman–Crippen LogP) is 4.37. The number of amides is 2. The molecule has 1 aromatic heterocycles. The Labute approximate surface area is 178 Å². The van der Waals surface area contributed by atoms with Crippen LogP contribution < -0.4 is 5.32 Å². The molecule has 1 saturated heterocycles. The van der Waals surface area contributed by atoms with Crippen molar-refractivity contribution in [1.29, 1.82) is 0 Å². The van der Waals surface area contributed by atoms with Gasteiger partial charge in [-0.3, -0.25) is 9.59 Å². The second kappa shape index (κ2) is 10.1. The fourth-order valence-electron chi connectivity index (χ4n) is 3.19. The maximum Gasteiger partial charge on any atom is 0.256 e. The first-order valence-electron chi connectivity index (χ1n) is 9.54. The first-order valence-corrected chi connectivity index (χ1v) is 11.1. The SMILES string of the molecule is CCCNC(=O)C1CCCN(C(=O)c2cccnc2Sc2ccc(Br)cc2)C1. The topological polar surface area (TPSA) is 62.3 Å². The first kappa shape index (κ1) is 20.9. The average Bonchev–Trinajstić information content (AvgIpc) is 2.73. The molecule has 1 aliphatic heterocycles. The molecule has 0 saturated carbocycles. The van der Waals surface area contributed by atoms with E-state index >= 15 is 0 Å². The molecule has 1 N–H and O–H groups in total. The summed E-state index contributed by atoms with van der Waals surface area (Å²) in [6.45, 7) is 3.85. The third kappa shape index (κ3) is 5.35. The van der Waals surface area contributed by atoms with E-state index in [1.165, 1.54) is 11.8 Å². The standard InChI is InChI=1S/C21H24BrN3O2S/c1-2-11-23-19(26)15-5-4-13-25(14-15)21(27)18-6-3-12-24-20(18)28-17-9-7-16(22)8-10-17/h3,6-10,12,15H,2,4-5,11,13-14H2,1H3,(H,23,26). The number of carbonyl (C=O) groups is 2. The lowest BCUT2D eigenvalue weighted by Crippen LogP contribution is -2.45. The number of pyridine rings is 1. The zero-order chi connectivity index (χ0) is 19.9. The van der Waals surface area contributed by atoms with Crippen molar-refractivity contribution in [2.75, 3.05) is 19.6 Å². The summed E-state index contributed by atoms with van der Waals surface area (Å²) in [4.78, 5) is 32.8. The van der Waals surface area contributed by atoms with Crippen molar-refractivity contribution in [3.63, 3.8) is 0 Å². The number of rotatable bonds is 6. The highest BCUT2D eigenvalue weighted by atomic mass is 79.9. The summed E-state index contributed by atoms with van der Waals surface area (Å²) in [6, 6.07) is 11.5. The van der Waals surface area contributed by atoms with Crippen molar-refractivity contribution in [1.82, 2.24) is 15.2 Å². The molecule has 1 atom stereocenters. The van der Waals surface area contributed by atoms with Crippen LogP contribution in [0.15, 0.2) is 57.0 Å². The number of piperidine rings is 1. The van der Waals surface area contributed by atoms with Gasteiger partial charge in [0, 0.05) is 35.2 Å². The Morgan fingerprint density at radius 1 is 1.29 bits per heavy atom. The van der Waals surface area contributed by atoms with Crippen molar-refractivity contribution in [3.05, 3.63) is 52.6 Å². The summed E-state index contributed by atoms with van der Waals surface area (Å²) < 4.78 is 1.01. The van der Waals surface area contributed by atoms with Crippen molar-refractivity contribution >= 4 is 39.5 Å². The number of hydrogen-bond donors (Lipinski definition) is 1. The zero-order valence-electron chi connectivity index (χ0n) is 15.9. The lowest BCUT2D eigenvalue weighted by atomic mass is 9.96. The molecule has 2 amide bonds. The van der Waals surface area contributed by atoms with Crippen LogP contribution in [0.1, 0.15) is 36.5 Å². The van der Waals surface area contributed by atoms with E-state index < -0.39 is 0 Å². The van der Waals surface area contributed by atoms with E-state index in [2.05, 4.69) is 26.2 Å². The predicted molar refractivity (Wildman–Crippen MR) is 114 cm³/mol. The van der Waals surface area contributed by atoms with Crippen LogP contribution in [0.3, 0.4) is 0 Å². The summed E-state index contributed by atoms with van der Waals surface area (Å²) >= 11 is 4.91. The fraction of sp³-hybridized carbons (Fsp3) is 0.381. The molecule has 0 spiro atoms. The van der Waals surface area contributed by atoms with Gasteiger partial charge in [-0.25, -0.2) is 4.98 Å². The van der Waals surface area contributed by atoms with Crippen LogP contribution in [0.2, 0.25) is 0 Å². The maximum absolute atomic E-state index is 13.2. The van der Waals surface area contributed by atoms with Crippen LogP contribution >= 0.6 is 27.7 Å². The van der Waals surface area contributed by atoms with Crippen LogP contribution in [0, 0.1) is 5.92 Å². The molecule has 2 aromatic rings. The fourth-order valence-corrected chi connectivity index (χ4v) is 4.33. The maximum atomic E-state index is 13.2. The molecule has 0 bridgehead atoms. The van der Waals surface area contributed by atoms with Crippen molar-refractivity contribution in [2.45, 2.75) is 36.1 Å². The minimum absolute atomic E-state index is 0.0509. The Morgan fingerprint density at radius 3 is 2.82 bits per heavy atom. The Kier molecular flexibility index (Phi) is 7.50. The molecule has 2 heterocycles. The van der Waals surface area contributed by atoms with Crippen molar-refractivity contribution in [2.24, 2.45) is 5.92 Å². The van der Waals surface area contributed by atoms with Crippen LogP contribution in [0.4, 0.5) is 0 Å². The molecular weight excluding hydrogens is 438 g/mol. The number of carbonyl (C=O) groups excluding carboxylic acids is 2. The van der Waals surface area contributed by atoms with Gasteiger partial charge in [0.1, 0.15) is 5.03 Å². The number of nitrogens with one attached hydrogen (secondary N) is 1. The van der Waals surface area contributed by atoms with Gasteiger partial charge in [0.15, 0.2) is 0 Å². The first-order chi connectivity index (χ1) is 13.6. The second-order valence-corrected chi connectivity index (χ2v) is 8.77. The number of hydrogen-bond acceptors (Lipinski definition) is 4. The molecule has 3 rings (SSSR count). The minimum atomic E-state index is -0.136. The normalized spacial score (nSPS) is 16.6. The molecule has 1 aliphatic rings. The molecule has 0 radical (unpaired) electrons. The summed E-state index contributed by atoms with van der Waals surface area (Å²) in [6.07, 6.45) is 4.28. The van der Waals surface area contributed by atoms with E-state index in [0.29, 0.717) is 30.2 Å². The van der Waals surface area contributed by atoms with Crippen molar-refractivity contribution < 1.29 is 9.59 Å². The lowest BCUT2D eigenvalue weighted by Gasteiger charge is -2.32. The molecule has 1 fully saturated rings. The largest absolute Gasteiger partial charge is 0.356 e. The van der Waals surface area contributed by atoms with Gasteiger partial charge in [-0.15, -0.1) is 0 Å². The molecular formula is C21H24BrN3O2S. The number of benzene rings is 1. The molecule has 7 heteroatoms. The highest BCUT2D eigenvalue weighted by Crippen LogP contribution is 2.31. The smallest absolute Gasteiger partial charge is 0.256 e. The van der Waals surface area contributed by atoms with Gasteiger partial charge in [0.25, 0.3) is 5.91 Å². The van der Waals surface area contributed by atoms with Gasteiger partial charge in [-0.05, 0) is 55.7 Å². The van der Waals surface area contributed by atoms with E-state index in [1.54, 1.807) is 17.2 Å². The molecule has 1 unspecified atom stereocenters. The minimum Gasteiger partial charge on any atom is -0.356 e. The third-order valence-corrected chi connectivity index (χ3v) is 6.21. The highest BCUT2D eigenvalue weighted by Gasteiger charge is 2.29. The van der Waals surface area contributed by atoms with Crippen LogP contribution in [-0.4, -0.2) is 41.3 Å². The molecule has 148 valence electrons. The van der Waals surface area contributed by atoms with Gasteiger partial charge < -0.3 is 10.2 Å². The van der Waals surface area contributed by atoms with Gasteiger partial charge in [0.05, 0.1) is 11.5 Å². The summed E-state index contributed by atoms with van der Waals surface area (Å²) in [7, 11) is 0. The zero-order valence-corrected chi connectivity index (χ0v) is 18.3. The molecule has 5 nitrogen and oxygen atoms in total. The van der Waals surface area contributed by atoms with E-state index in [0.717, 1.165) is 28.6 Å². The quantitative estimate of drug-likeness (QED) is 0.693. The third-order valence-electron chi connectivity index (χ3n) is 4.66. The molecule has 28 heavy (non-hydrogen) atoms. The summed E-state index contributed by atoms with van der Waals surface area (Å²) in [5.74, 6) is -0.140. The summed E-state index contributed by atoms with van der Waals surface area (Å²) in [5, 5.41) is 3.64. The van der Waals surface area contributed by atoms with Crippen molar-refractivity contribution in [3.8, 4) is 0 Å². The Bertz CT molecular complexity index is 829. The van der Waals surface area contributed by atoms with E-state index in [4.69, 9.17) is 0 Å².